The second-order valence-electron chi connectivity index (χ2n) is 8.80. The second-order valence-corrected chi connectivity index (χ2v) is 9.20. The summed E-state index contributed by atoms with van der Waals surface area (Å²) in [6.07, 6.45) is 0. The topological polar surface area (TPSA) is 52.7 Å². The Hall–Kier alpha value is -3.83. The Balaban J connectivity index is 1.31. The highest BCUT2D eigenvalue weighted by Crippen LogP contribution is 2.35. The van der Waals surface area contributed by atoms with Crippen molar-refractivity contribution in [3.05, 3.63) is 107 Å². The summed E-state index contributed by atoms with van der Waals surface area (Å²) in [7, 11) is 0. The van der Waals surface area contributed by atoms with Gasteiger partial charge in [-0.25, -0.2) is 0 Å². The van der Waals surface area contributed by atoms with Crippen molar-refractivity contribution in [2.45, 2.75) is 6.92 Å². The van der Waals surface area contributed by atoms with Crippen LogP contribution in [0.3, 0.4) is 0 Å². The molecule has 6 heteroatoms. The number of piperazine rings is 1. The monoisotopic (exact) mass is 483 g/mol. The van der Waals surface area contributed by atoms with Crippen LogP contribution in [0.5, 0.6) is 0 Å². The number of carbonyl (C=O) groups is 2. The van der Waals surface area contributed by atoms with Crippen LogP contribution < -0.4 is 10.2 Å². The first-order valence-corrected chi connectivity index (χ1v) is 12.1. The van der Waals surface area contributed by atoms with Crippen LogP contribution >= 0.6 is 11.6 Å². The molecule has 1 fully saturated rings. The number of para-hydroxylation sites is 1. The molecule has 1 saturated heterocycles. The average Bonchev–Trinajstić information content (AvgIpc) is 2.89. The molecule has 4 aromatic rings. The van der Waals surface area contributed by atoms with E-state index in [9.17, 15) is 9.59 Å². The standard InChI is InChI=1S/C29H26ClN3O2/c1-20-9-11-22(12-10-20)29(35)33-17-15-32(16-18-33)27-25(30)7-4-8-26(27)31-28(34)24-14-13-21-5-2-3-6-23(21)19-24/h2-14,19H,15-18H2,1H3,(H,31,34). The number of rotatable bonds is 4. The highest BCUT2D eigenvalue weighted by atomic mass is 35.5. The molecule has 0 aromatic heterocycles. The van der Waals surface area contributed by atoms with Crippen molar-refractivity contribution in [3.8, 4) is 0 Å². The third-order valence-electron chi connectivity index (χ3n) is 6.43. The van der Waals surface area contributed by atoms with Crippen LogP contribution in [-0.4, -0.2) is 42.9 Å². The zero-order valence-corrected chi connectivity index (χ0v) is 20.3. The largest absolute Gasteiger partial charge is 0.365 e. The van der Waals surface area contributed by atoms with Gasteiger partial charge in [0.1, 0.15) is 0 Å². The predicted molar refractivity (Wildman–Crippen MR) is 143 cm³/mol. The van der Waals surface area contributed by atoms with Crippen molar-refractivity contribution in [2.24, 2.45) is 0 Å². The molecule has 1 aliphatic rings. The van der Waals surface area contributed by atoms with Crippen LogP contribution in [0.1, 0.15) is 26.3 Å². The maximum absolute atomic E-state index is 13.1. The lowest BCUT2D eigenvalue weighted by atomic mass is 10.1. The van der Waals surface area contributed by atoms with Gasteiger partial charge >= 0.3 is 0 Å². The fraction of sp³-hybridized carbons (Fsp3) is 0.172. The number of aryl methyl sites for hydroxylation is 1. The third kappa shape index (κ3) is 4.86. The lowest BCUT2D eigenvalue weighted by Gasteiger charge is -2.37. The molecule has 176 valence electrons. The van der Waals surface area contributed by atoms with E-state index < -0.39 is 0 Å². The summed E-state index contributed by atoms with van der Waals surface area (Å²) < 4.78 is 0. The zero-order valence-electron chi connectivity index (χ0n) is 19.5. The van der Waals surface area contributed by atoms with Gasteiger partial charge in [-0.1, -0.05) is 65.7 Å². The van der Waals surface area contributed by atoms with Crippen LogP contribution in [0.25, 0.3) is 10.8 Å². The number of fused-ring (bicyclic) bond motifs is 1. The molecule has 0 saturated carbocycles. The lowest BCUT2D eigenvalue weighted by Crippen LogP contribution is -2.49. The molecular formula is C29H26ClN3O2. The quantitative estimate of drug-likeness (QED) is 0.386. The molecule has 0 spiro atoms. The molecule has 0 unspecified atom stereocenters. The van der Waals surface area contributed by atoms with Crippen molar-refractivity contribution < 1.29 is 9.59 Å². The second kappa shape index (κ2) is 9.80. The van der Waals surface area contributed by atoms with Gasteiger partial charge in [0.2, 0.25) is 0 Å². The summed E-state index contributed by atoms with van der Waals surface area (Å²) in [6, 6.07) is 26.8. The molecule has 0 radical (unpaired) electrons. The molecule has 5 nitrogen and oxygen atoms in total. The van der Waals surface area contributed by atoms with E-state index >= 15 is 0 Å². The van der Waals surface area contributed by atoms with E-state index in [1.54, 1.807) is 0 Å². The highest BCUT2D eigenvalue weighted by Gasteiger charge is 2.25. The first-order valence-electron chi connectivity index (χ1n) is 11.7. The van der Waals surface area contributed by atoms with Gasteiger partial charge in [-0.15, -0.1) is 0 Å². The zero-order chi connectivity index (χ0) is 24.4. The Labute approximate surface area is 209 Å². The van der Waals surface area contributed by atoms with E-state index in [0.29, 0.717) is 48.0 Å². The molecule has 2 amide bonds. The Morgan fingerprint density at radius 3 is 2.20 bits per heavy atom. The first-order chi connectivity index (χ1) is 17.0. The first kappa shape index (κ1) is 22.9. The maximum Gasteiger partial charge on any atom is 0.255 e. The smallest absolute Gasteiger partial charge is 0.255 e. The predicted octanol–water partition coefficient (Wildman–Crippen LogP) is 6.02. The van der Waals surface area contributed by atoms with E-state index in [0.717, 1.165) is 22.0 Å². The van der Waals surface area contributed by atoms with Crippen LogP contribution in [0, 0.1) is 6.92 Å². The van der Waals surface area contributed by atoms with Gasteiger partial charge in [-0.05, 0) is 54.1 Å². The van der Waals surface area contributed by atoms with Gasteiger partial charge in [0.15, 0.2) is 0 Å². The lowest BCUT2D eigenvalue weighted by molar-refractivity contribution is 0.0746. The van der Waals surface area contributed by atoms with Crippen molar-refractivity contribution in [2.75, 3.05) is 36.4 Å². The van der Waals surface area contributed by atoms with E-state index in [1.165, 1.54) is 0 Å². The fourth-order valence-corrected chi connectivity index (χ4v) is 4.77. The number of hydrogen-bond acceptors (Lipinski definition) is 3. The molecule has 0 atom stereocenters. The number of benzene rings is 4. The van der Waals surface area contributed by atoms with Gasteiger partial charge < -0.3 is 15.1 Å². The summed E-state index contributed by atoms with van der Waals surface area (Å²) in [5.74, 6) is -0.152. The molecule has 1 aliphatic heterocycles. The van der Waals surface area contributed by atoms with Crippen molar-refractivity contribution in [3.63, 3.8) is 0 Å². The summed E-state index contributed by atoms with van der Waals surface area (Å²) in [5, 5.41) is 5.72. The van der Waals surface area contributed by atoms with Crippen LogP contribution in [-0.2, 0) is 0 Å². The number of nitrogens with zero attached hydrogens (tertiary/aromatic N) is 2. The molecule has 4 aromatic carbocycles. The summed E-state index contributed by atoms with van der Waals surface area (Å²) in [4.78, 5) is 30.0. The molecule has 1 heterocycles. The summed E-state index contributed by atoms with van der Waals surface area (Å²) in [5.41, 5.74) is 3.86. The summed E-state index contributed by atoms with van der Waals surface area (Å²) in [6.45, 7) is 4.42. The molecule has 5 rings (SSSR count). The van der Waals surface area contributed by atoms with E-state index in [4.69, 9.17) is 11.6 Å². The van der Waals surface area contributed by atoms with Gasteiger partial charge in [0.25, 0.3) is 11.8 Å². The van der Waals surface area contributed by atoms with Crippen LogP contribution in [0.4, 0.5) is 11.4 Å². The van der Waals surface area contributed by atoms with E-state index in [1.807, 2.05) is 96.8 Å². The number of halogens is 1. The number of amides is 2. The maximum atomic E-state index is 13.1. The van der Waals surface area contributed by atoms with Crippen LogP contribution in [0.15, 0.2) is 84.9 Å². The Kier molecular flexibility index (Phi) is 6.43. The fourth-order valence-electron chi connectivity index (χ4n) is 4.47. The van der Waals surface area contributed by atoms with Gasteiger partial charge in [-0.2, -0.15) is 0 Å². The summed E-state index contributed by atoms with van der Waals surface area (Å²) >= 11 is 6.61. The van der Waals surface area contributed by atoms with E-state index in [2.05, 4.69) is 10.2 Å². The average molecular weight is 484 g/mol. The highest BCUT2D eigenvalue weighted by molar-refractivity contribution is 6.34. The minimum atomic E-state index is -0.188. The minimum Gasteiger partial charge on any atom is -0.365 e. The van der Waals surface area contributed by atoms with Crippen molar-refractivity contribution in [1.82, 2.24) is 4.90 Å². The van der Waals surface area contributed by atoms with Crippen molar-refractivity contribution in [1.29, 1.82) is 0 Å². The molecule has 0 aliphatic carbocycles. The number of nitrogens with one attached hydrogen (secondary N) is 1. The van der Waals surface area contributed by atoms with Gasteiger partial charge in [-0.3, -0.25) is 9.59 Å². The third-order valence-corrected chi connectivity index (χ3v) is 6.73. The van der Waals surface area contributed by atoms with Gasteiger partial charge in [0, 0.05) is 37.3 Å². The van der Waals surface area contributed by atoms with Crippen LogP contribution in [0.2, 0.25) is 5.02 Å². The minimum absolute atomic E-state index is 0.0358. The molecular weight excluding hydrogens is 458 g/mol. The van der Waals surface area contributed by atoms with Crippen molar-refractivity contribution >= 4 is 45.6 Å². The number of hydrogen-bond donors (Lipinski definition) is 1. The molecule has 1 N–H and O–H groups in total. The SMILES string of the molecule is Cc1ccc(C(=O)N2CCN(c3c(Cl)cccc3NC(=O)c3ccc4ccccc4c3)CC2)cc1. The molecule has 35 heavy (non-hydrogen) atoms. The number of anilines is 2. The normalized spacial score (nSPS) is 13.7. The van der Waals surface area contributed by atoms with E-state index in [-0.39, 0.29) is 11.8 Å². The molecule has 0 bridgehead atoms. The number of carbonyl (C=O) groups excluding carboxylic acids is 2. The Morgan fingerprint density at radius 2 is 1.46 bits per heavy atom. The van der Waals surface area contributed by atoms with Gasteiger partial charge in [0.05, 0.1) is 16.4 Å². The Morgan fingerprint density at radius 1 is 0.771 bits per heavy atom. The Bertz CT molecular complexity index is 1390.